The highest BCUT2D eigenvalue weighted by Crippen LogP contribution is 2.35. The Hall–Kier alpha value is -3.22. The maximum atomic E-state index is 13.0. The molecule has 3 aliphatic rings. The van der Waals surface area contributed by atoms with Gasteiger partial charge in [0.15, 0.2) is 0 Å². The Morgan fingerprint density at radius 3 is 2.84 bits per heavy atom. The van der Waals surface area contributed by atoms with E-state index in [1.54, 1.807) is 4.90 Å². The predicted octanol–water partition coefficient (Wildman–Crippen LogP) is 3.40. The van der Waals surface area contributed by atoms with Crippen molar-refractivity contribution in [1.29, 1.82) is 0 Å². The number of aromatic nitrogens is 2. The number of piperidine rings is 1. The number of nitrogens with zero attached hydrogens (tertiary/aromatic N) is 5. The van der Waals surface area contributed by atoms with Crippen molar-refractivity contribution in [3.8, 4) is 6.01 Å². The number of amides is 1. The quantitative estimate of drug-likeness (QED) is 0.579. The van der Waals surface area contributed by atoms with E-state index in [2.05, 4.69) is 22.1 Å². The lowest BCUT2D eigenvalue weighted by Crippen LogP contribution is -2.47. The lowest BCUT2D eigenvalue weighted by Gasteiger charge is -2.37. The maximum absolute atomic E-state index is 13.0. The van der Waals surface area contributed by atoms with Crippen LogP contribution in [0.1, 0.15) is 54.1 Å². The molecule has 37 heavy (non-hydrogen) atoms. The second-order valence-electron chi connectivity index (χ2n) is 10.3. The Morgan fingerprint density at radius 1 is 1.19 bits per heavy atom. The van der Waals surface area contributed by atoms with Crippen LogP contribution in [0.3, 0.4) is 0 Å². The summed E-state index contributed by atoms with van der Waals surface area (Å²) in [5, 5.41) is 3.42. The molecule has 0 aliphatic carbocycles. The van der Waals surface area contributed by atoms with E-state index in [9.17, 15) is 4.79 Å². The number of rotatable bonds is 7. The minimum atomic E-state index is -0.352. The molecule has 1 amide bonds. The van der Waals surface area contributed by atoms with Crippen molar-refractivity contribution in [3.05, 3.63) is 64.3 Å². The van der Waals surface area contributed by atoms with Gasteiger partial charge in [-0.25, -0.2) is 11.4 Å². The van der Waals surface area contributed by atoms with Gasteiger partial charge >= 0.3 is 12.1 Å². The summed E-state index contributed by atoms with van der Waals surface area (Å²) < 4.78 is 11.8. The Labute approximate surface area is 219 Å². The number of ether oxygens (including phenoxy) is 2. The van der Waals surface area contributed by atoms with Gasteiger partial charge in [0.2, 0.25) is 6.54 Å². The molecule has 2 saturated heterocycles. The standard InChI is InChI=1S/C28H36N6O3/c1-29-16-23-15-21(11-14-34(23)28(35)37-18-20-7-4-3-5-8-20)26-24-10-12-30-17-25(24)31-27(32-26)36-19-22-9-6-13-33(22)2/h3-5,7-8,21-23,30H,6,9-19H2,2H3/t21?,22-,23+/m0/s1. The van der Waals surface area contributed by atoms with Gasteiger partial charge in [-0.05, 0) is 63.4 Å². The molecule has 3 aliphatic heterocycles. The zero-order valence-electron chi connectivity index (χ0n) is 21.6. The molecule has 3 atom stereocenters. The average molecular weight is 505 g/mol. The average Bonchev–Trinajstić information content (AvgIpc) is 3.35. The van der Waals surface area contributed by atoms with Crippen molar-refractivity contribution in [2.45, 2.75) is 63.3 Å². The fourth-order valence-electron chi connectivity index (χ4n) is 5.75. The van der Waals surface area contributed by atoms with Crippen molar-refractivity contribution >= 4 is 6.09 Å². The van der Waals surface area contributed by atoms with Crippen LogP contribution in [-0.2, 0) is 24.3 Å². The zero-order chi connectivity index (χ0) is 25.6. The molecule has 1 aromatic heterocycles. The first-order valence-electron chi connectivity index (χ1n) is 13.4. The largest absolute Gasteiger partial charge is 0.462 e. The van der Waals surface area contributed by atoms with Gasteiger partial charge in [-0.2, -0.15) is 9.97 Å². The van der Waals surface area contributed by atoms with Crippen LogP contribution in [0.25, 0.3) is 4.85 Å². The first-order chi connectivity index (χ1) is 18.1. The Morgan fingerprint density at radius 2 is 2.05 bits per heavy atom. The van der Waals surface area contributed by atoms with Gasteiger partial charge in [-0.3, -0.25) is 4.90 Å². The van der Waals surface area contributed by atoms with E-state index in [1.807, 2.05) is 30.3 Å². The molecule has 2 aromatic rings. The molecule has 2 fully saturated rings. The number of hydrogen-bond donors (Lipinski definition) is 1. The molecule has 0 saturated carbocycles. The van der Waals surface area contributed by atoms with Gasteiger partial charge in [0.25, 0.3) is 0 Å². The molecule has 9 nitrogen and oxygen atoms in total. The minimum absolute atomic E-state index is 0.149. The van der Waals surface area contributed by atoms with E-state index >= 15 is 0 Å². The lowest BCUT2D eigenvalue weighted by molar-refractivity contribution is 0.0674. The van der Waals surface area contributed by atoms with E-state index in [-0.39, 0.29) is 31.2 Å². The molecule has 9 heteroatoms. The van der Waals surface area contributed by atoms with E-state index in [1.165, 1.54) is 12.0 Å². The van der Waals surface area contributed by atoms with Gasteiger partial charge in [-0.1, -0.05) is 30.3 Å². The fraction of sp³-hybridized carbons (Fsp3) is 0.571. The van der Waals surface area contributed by atoms with Crippen LogP contribution in [-0.4, -0.2) is 77.8 Å². The van der Waals surface area contributed by atoms with Crippen LogP contribution in [0.15, 0.2) is 30.3 Å². The lowest BCUT2D eigenvalue weighted by atomic mass is 9.84. The van der Waals surface area contributed by atoms with E-state index in [0.717, 1.165) is 49.3 Å². The minimum Gasteiger partial charge on any atom is -0.462 e. The Kier molecular flexibility index (Phi) is 8.17. The Balaban J connectivity index is 1.30. The molecule has 0 radical (unpaired) electrons. The molecular weight excluding hydrogens is 468 g/mol. The zero-order valence-corrected chi connectivity index (χ0v) is 21.6. The molecule has 1 aromatic carbocycles. The van der Waals surface area contributed by atoms with Crippen LogP contribution in [0.5, 0.6) is 6.01 Å². The summed E-state index contributed by atoms with van der Waals surface area (Å²) in [6, 6.07) is 10.3. The first-order valence-corrected chi connectivity index (χ1v) is 13.4. The number of benzene rings is 1. The van der Waals surface area contributed by atoms with Crippen LogP contribution < -0.4 is 10.1 Å². The monoisotopic (exact) mass is 504 g/mol. The van der Waals surface area contributed by atoms with E-state index in [0.29, 0.717) is 38.2 Å². The summed E-state index contributed by atoms with van der Waals surface area (Å²) in [5.41, 5.74) is 4.20. The molecule has 1 unspecified atom stereocenters. The van der Waals surface area contributed by atoms with Crippen LogP contribution in [0.4, 0.5) is 4.79 Å². The van der Waals surface area contributed by atoms with Gasteiger partial charge in [0.05, 0.1) is 11.4 Å². The molecule has 0 bridgehead atoms. The highest BCUT2D eigenvalue weighted by Gasteiger charge is 2.37. The third kappa shape index (κ3) is 6.03. The summed E-state index contributed by atoms with van der Waals surface area (Å²) in [6.45, 7) is 11.8. The molecule has 5 rings (SSSR count). The number of carbonyl (C=O) groups excluding carboxylic acids is 1. The molecule has 0 spiro atoms. The summed E-state index contributed by atoms with van der Waals surface area (Å²) in [4.78, 5) is 30.4. The van der Waals surface area contributed by atoms with Crippen molar-refractivity contribution in [2.24, 2.45) is 0 Å². The summed E-state index contributed by atoms with van der Waals surface area (Å²) in [6.07, 6.45) is 4.31. The molecular formula is C28H36N6O3. The number of fused-ring (bicyclic) bond motifs is 1. The summed E-state index contributed by atoms with van der Waals surface area (Å²) in [5.74, 6) is 0.149. The highest BCUT2D eigenvalue weighted by molar-refractivity contribution is 5.68. The number of hydrogen-bond acceptors (Lipinski definition) is 7. The summed E-state index contributed by atoms with van der Waals surface area (Å²) in [7, 11) is 2.14. The van der Waals surface area contributed by atoms with Crippen molar-refractivity contribution in [1.82, 2.24) is 25.1 Å². The van der Waals surface area contributed by atoms with E-state index < -0.39 is 0 Å². The predicted molar refractivity (Wildman–Crippen MR) is 139 cm³/mol. The summed E-state index contributed by atoms with van der Waals surface area (Å²) >= 11 is 0. The van der Waals surface area contributed by atoms with Crippen LogP contribution in [0.2, 0.25) is 0 Å². The van der Waals surface area contributed by atoms with Gasteiger partial charge in [0.1, 0.15) is 19.3 Å². The van der Waals surface area contributed by atoms with E-state index in [4.69, 9.17) is 26.0 Å². The van der Waals surface area contributed by atoms with Gasteiger partial charge < -0.3 is 24.5 Å². The number of nitrogens with one attached hydrogen (secondary N) is 1. The van der Waals surface area contributed by atoms with Crippen molar-refractivity contribution in [2.75, 3.05) is 39.8 Å². The number of carbonyl (C=O) groups is 1. The molecule has 4 heterocycles. The van der Waals surface area contributed by atoms with Crippen molar-refractivity contribution in [3.63, 3.8) is 0 Å². The Bertz CT molecular complexity index is 1120. The van der Waals surface area contributed by atoms with Gasteiger partial charge in [0, 0.05) is 25.0 Å². The second kappa shape index (κ2) is 11.9. The van der Waals surface area contributed by atoms with Gasteiger partial charge in [-0.15, -0.1) is 0 Å². The second-order valence-corrected chi connectivity index (χ2v) is 10.3. The van der Waals surface area contributed by atoms with Crippen LogP contribution >= 0.6 is 0 Å². The number of likely N-dealkylation sites (N-methyl/N-ethyl adjacent to an activating group) is 1. The van der Waals surface area contributed by atoms with Crippen LogP contribution in [0, 0.1) is 6.57 Å². The maximum Gasteiger partial charge on any atom is 0.410 e. The fourth-order valence-corrected chi connectivity index (χ4v) is 5.75. The first kappa shape index (κ1) is 25.4. The highest BCUT2D eigenvalue weighted by atomic mass is 16.6. The van der Waals surface area contributed by atoms with Crippen molar-refractivity contribution < 1.29 is 14.3 Å². The number of likely N-dealkylation sites (tertiary alicyclic amines) is 2. The SMILES string of the molecule is [C-]#[N+]C[C@H]1CC(c2nc(OC[C@@H]3CCCN3C)nc3c2CCNC3)CCN1C(=O)OCc1ccccc1. The third-order valence-electron chi connectivity index (χ3n) is 7.87. The molecule has 196 valence electrons. The third-order valence-corrected chi connectivity index (χ3v) is 7.87. The molecule has 1 N–H and O–H groups in total. The topological polar surface area (TPSA) is 84.2 Å². The smallest absolute Gasteiger partial charge is 0.410 e. The normalized spacial score (nSPS) is 23.8.